The van der Waals surface area contributed by atoms with E-state index >= 15 is 0 Å². The second kappa shape index (κ2) is 11.6. The summed E-state index contributed by atoms with van der Waals surface area (Å²) in [4.78, 5) is 28.9. The topological polar surface area (TPSA) is 132 Å². The largest absolute Gasteiger partial charge is 0.374 e. The normalized spacial score (nSPS) is 24.7. The second-order valence-corrected chi connectivity index (χ2v) is 8.65. The molecule has 166 valence electrons. The fourth-order valence-corrected chi connectivity index (χ4v) is 4.06. The van der Waals surface area contributed by atoms with Crippen LogP contribution in [0.25, 0.3) is 4.85 Å². The van der Waals surface area contributed by atoms with Gasteiger partial charge in [-0.2, -0.15) is 0 Å². The van der Waals surface area contributed by atoms with Gasteiger partial charge in [-0.3, -0.25) is 18.9 Å². The number of H-pyrrole nitrogens is 1. The van der Waals surface area contributed by atoms with Crippen LogP contribution in [-0.2, 0) is 32.1 Å². The number of nitrogens with zero attached hydrogens (tertiary/aromatic N) is 2. The number of aromatic amines is 1. The molecule has 1 aliphatic rings. The van der Waals surface area contributed by atoms with Crippen LogP contribution >= 0.6 is 16.6 Å². The van der Waals surface area contributed by atoms with E-state index in [4.69, 9.17) is 34.1 Å². The summed E-state index contributed by atoms with van der Waals surface area (Å²) in [6.45, 7) is 7.14. The van der Waals surface area contributed by atoms with Gasteiger partial charge in [-0.15, -0.1) is 0 Å². The molecule has 5 atom stereocenters. The molecule has 0 radical (unpaired) electrons. The first-order chi connectivity index (χ1) is 14.4. The molecular weight excluding hydrogens is 440 g/mol. The standard InChI is InChI=1S/C16H23N3O9P2/c1-17-7-9-26-29-28-13-11(6-10-30(22,24-3)25-4)27-15(14(13)23-2)19-8-5-12(20)18-16(19)21/h5-6,8,10-11,13-15,29H,7,9H2,2-4H3,(H,18,20,21)/b10-6+/t11-,13?,14+,15-/m1/s1. The minimum atomic E-state index is -3.47. The van der Waals surface area contributed by atoms with Crippen LogP contribution in [-0.4, -0.2) is 62.3 Å². The molecule has 1 aromatic rings. The van der Waals surface area contributed by atoms with Crippen molar-refractivity contribution in [3.63, 3.8) is 0 Å². The van der Waals surface area contributed by atoms with E-state index in [1.807, 2.05) is 0 Å². The Morgan fingerprint density at radius 3 is 2.67 bits per heavy atom. The third-order valence-electron chi connectivity index (χ3n) is 4.14. The van der Waals surface area contributed by atoms with Crippen molar-refractivity contribution in [2.45, 2.75) is 24.5 Å². The minimum absolute atomic E-state index is 0.189. The Labute approximate surface area is 174 Å². The summed E-state index contributed by atoms with van der Waals surface area (Å²) in [5.41, 5.74) is -1.24. The van der Waals surface area contributed by atoms with Crippen molar-refractivity contribution < 1.29 is 32.1 Å². The minimum Gasteiger partial charge on any atom is -0.374 e. The maximum absolute atomic E-state index is 12.3. The van der Waals surface area contributed by atoms with Gasteiger partial charge in [0.05, 0.1) is 0 Å². The van der Waals surface area contributed by atoms with Gasteiger partial charge in [0.25, 0.3) is 5.56 Å². The van der Waals surface area contributed by atoms with Crippen LogP contribution in [0.3, 0.4) is 0 Å². The predicted octanol–water partition coefficient (Wildman–Crippen LogP) is 1.28. The fraction of sp³-hybridized carbons (Fsp3) is 0.562. The number of hydrogen-bond donors (Lipinski definition) is 1. The lowest BCUT2D eigenvalue weighted by molar-refractivity contribution is -0.0474. The Kier molecular flexibility index (Phi) is 9.55. The monoisotopic (exact) mass is 463 g/mol. The molecule has 1 N–H and O–H groups in total. The molecular formula is C16H23N3O9P2. The van der Waals surface area contributed by atoms with Crippen molar-refractivity contribution in [3.8, 4) is 0 Å². The van der Waals surface area contributed by atoms with Gasteiger partial charge >= 0.3 is 13.3 Å². The Bertz CT molecular complexity index is 918. The average molecular weight is 463 g/mol. The molecule has 2 heterocycles. The van der Waals surface area contributed by atoms with Gasteiger partial charge in [0.2, 0.25) is 6.54 Å². The van der Waals surface area contributed by atoms with E-state index in [2.05, 4.69) is 9.83 Å². The lowest BCUT2D eigenvalue weighted by Crippen LogP contribution is -2.38. The number of methoxy groups -OCH3 is 1. The van der Waals surface area contributed by atoms with Crippen molar-refractivity contribution in [2.75, 3.05) is 34.5 Å². The van der Waals surface area contributed by atoms with Crippen molar-refractivity contribution in [2.24, 2.45) is 0 Å². The first kappa shape index (κ1) is 24.6. The van der Waals surface area contributed by atoms with E-state index < -0.39 is 52.4 Å². The Hall–Kier alpha value is -1.67. The maximum Gasteiger partial charge on any atom is 0.353 e. The van der Waals surface area contributed by atoms with Crippen LogP contribution in [0.2, 0.25) is 0 Å². The smallest absolute Gasteiger partial charge is 0.353 e. The van der Waals surface area contributed by atoms with Crippen molar-refractivity contribution in [1.82, 2.24) is 9.55 Å². The van der Waals surface area contributed by atoms with Gasteiger partial charge < -0.3 is 32.4 Å². The lowest BCUT2D eigenvalue weighted by atomic mass is 10.1. The van der Waals surface area contributed by atoms with Crippen molar-refractivity contribution in [1.29, 1.82) is 0 Å². The highest BCUT2D eigenvalue weighted by molar-refractivity contribution is 7.57. The van der Waals surface area contributed by atoms with E-state index in [1.54, 1.807) is 0 Å². The van der Waals surface area contributed by atoms with E-state index in [0.717, 1.165) is 4.57 Å². The molecule has 1 fully saturated rings. The van der Waals surface area contributed by atoms with Crippen LogP contribution in [0.4, 0.5) is 0 Å². The number of aromatic nitrogens is 2. The van der Waals surface area contributed by atoms with Crippen LogP contribution in [0, 0.1) is 6.57 Å². The zero-order valence-corrected chi connectivity index (χ0v) is 18.4. The summed E-state index contributed by atoms with van der Waals surface area (Å²) in [6, 6.07) is 1.18. The number of rotatable bonds is 11. The molecule has 1 aromatic heterocycles. The van der Waals surface area contributed by atoms with Crippen LogP contribution in [0.5, 0.6) is 0 Å². The Balaban J connectivity index is 2.30. The van der Waals surface area contributed by atoms with Gasteiger partial charge in [0.15, 0.2) is 15.3 Å². The first-order valence-electron chi connectivity index (χ1n) is 8.65. The van der Waals surface area contributed by atoms with Gasteiger partial charge in [-0.1, -0.05) is 0 Å². The summed E-state index contributed by atoms with van der Waals surface area (Å²) < 4.78 is 45.7. The number of hydrogen-bond acceptors (Lipinski definition) is 9. The van der Waals surface area contributed by atoms with Crippen LogP contribution < -0.4 is 11.2 Å². The molecule has 12 nitrogen and oxygen atoms in total. The summed E-state index contributed by atoms with van der Waals surface area (Å²) in [6.07, 6.45) is -0.575. The zero-order chi connectivity index (χ0) is 22.1. The quantitative estimate of drug-likeness (QED) is 0.293. The first-order valence-corrected chi connectivity index (χ1v) is 11.1. The summed E-state index contributed by atoms with van der Waals surface area (Å²) >= 11 is 0. The van der Waals surface area contributed by atoms with Crippen LogP contribution in [0.15, 0.2) is 33.7 Å². The summed E-state index contributed by atoms with van der Waals surface area (Å²) in [7, 11) is -0.00288. The van der Waals surface area contributed by atoms with E-state index in [0.29, 0.717) is 0 Å². The molecule has 14 heteroatoms. The van der Waals surface area contributed by atoms with Gasteiger partial charge in [-0.25, -0.2) is 11.4 Å². The SMILES string of the molecule is [C-]#[N+]CCOPOC1[C@@H](/C=C/P(=O)(OC)OC)O[C@@H](n2ccc(=O)[nH]c2=O)[C@H]1OC. The summed E-state index contributed by atoms with van der Waals surface area (Å²) in [5, 5.41) is 0. The highest BCUT2D eigenvalue weighted by Crippen LogP contribution is 2.49. The molecule has 2 unspecified atom stereocenters. The summed E-state index contributed by atoms with van der Waals surface area (Å²) in [5.74, 6) is 1.22. The third-order valence-corrected chi connectivity index (χ3v) is 6.38. The maximum atomic E-state index is 12.3. The Morgan fingerprint density at radius 2 is 2.07 bits per heavy atom. The fourth-order valence-electron chi connectivity index (χ4n) is 2.67. The number of nitrogens with one attached hydrogen (secondary N) is 1. The molecule has 0 amide bonds. The van der Waals surface area contributed by atoms with Crippen LogP contribution in [0.1, 0.15) is 6.23 Å². The molecule has 0 aliphatic carbocycles. The predicted molar refractivity (Wildman–Crippen MR) is 107 cm³/mol. The molecule has 0 bridgehead atoms. The van der Waals surface area contributed by atoms with E-state index in [9.17, 15) is 14.2 Å². The van der Waals surface area contributed by atoms with Gasteiger partial charge in [0.1, 0.15) is 24.9 Å². The number of ether oxygens (including phenoxy) is 2. The van der Waals surface area contributed by atoms with Crippen molar-refractivity contribution >= 4 is 16.6 Å². The van der Waals surface area contributed by atoms with Gasteiger partial charge in [-0.05, 0) is 6.08 Å². The third kappa shape index (κ3) is 6.17. The zero-order valence-electron chi connectivity index (χ0n) is 16.5. The highest BCUT2D eigenvalue weighted by Gasteiger charge is 2.46. The average Bonchev–Trinajstić information content (AvgIpc) is 3.09. The van der Waals surface area contributed by atoms with E-state index in [-0.39, 0.29) is 13.2 Å². The van der Waals surface area contributed by atoms with Crippen molar-refractivity contribution in [3.05, 3.63) is 56.4 Å². The molecule has 0 saturated carbocycles. The van der Waals surface area contributed by atoms with E-state index in [1.165, 1.54) is 45.5 Å². The molecule has 0 spiro atoms. The Morgan fingerprint density at radius 1 is 1.33 bits per heavy atom. The molecule has 1 aliphatic heterocycles. The highest BCUT2D eigenvalue weighted by atomic mass is 31.2. The lowest BCUT2D eigenvalue weighted by Gasteiger charge is -2.22. The molecule has 0 aromatic carbocycles. The van der Waals surface area contributed by atoms with Gasteiger partial charge in [0, 0.05) is 39.4 Å². The molecule has 30 heavy (non-hydrogen) atoms. The second-order valence-electron chi connectivity index (χ2n) is 5.85. The molecule has 2 rings (SSSR count). The molecule has 1 saturated heterocycles.